The molecule has 0 heterocycles. The summed E-state index contributed by atoms with van der Waals surface area (Å²) >= 11 is 0. The van der Waals surface area contributed by atoms with Gasteiger partial charge in [-0.25, -0.2) is 0 Å². The predicted molar refractivity (Wildman–Crippen MR) is 112 cm³/mol. The number of benzene rings is 2. The number of hydrogen-bond acceptors (Lipinski definition) is 5. The van der Waals surface area contributed by atoms with Crippen molar-refractivity contribution < 1.29 is 23.7 Å². The fraction of sp³-hybridized carbons (Fsp3) is 0.435. The zero-order chi connectivity index (χ0) is 20.6. The van der Waals surface area contributed by atoms with Crippen LogP contribution in [0.5, 0.6) is 23.0 Å². The standard InChI is InChI=1S/C23H29NO5/c1-26-20-13-11-16(22(27-2)23(20)28-3)12-14-21(25)24-17-7-6-10-19(15-17)29-18-8-4-5-9-18/h6-7,10-11,13,15,18H,4-5,8-9,12,14H2,1-3H3,(H,24,25). The van der Waals surface area contributed by atoms with Gasteiger partial charge >= 0.3 is 0 Å². The highest BCUT2D eigenvalue weighted by atomic mass is 16.5. The van der Waals surface area contributed by atoms with Gasteiger partial charge in [0, 0.05) is 18.2 Å². The van der Waals surface area contributed by atoms with Crippen molar-refractivity contribution in [3.05, 3.63) is 42.0 Å². The van der Waals surface area contributed by atoms with Crippen LogP contribution in [0.4, 0.5) is 5.69 Å². The molecule has 0 bridgehead atoms. The topological polar surface area (TPSA) is 66.0 Å². The lowest BCUT2D eigenvalue weighted by Crippen LogP contribution is -2.14. The van der Waals surface area contributed by atoms with E-state index in [0.717, 1.165) is 29.8 Å². The Morgan fingerprint density at radius 2 is 1.76 bits per heavy atom. The normalized spacial score (nSPS) is 13.8. The third-order valence-electron chi connectivity index (χ3n) is 5.13. The maximum Gasteiger partial charge on any atom is 0.224 e. The van der Waals surface area contributed by atoms with Gasteiger partial charge in [-0.1, -0.05) is 12.1 Å². The van der Waals surface area contributed by atoms with Crippen LogP contribution >= 0.6 is 0 Å². The second-order valence-corrected chi connectivity index (χ2v) is 7.09. The van der Waals surface area contributed by atoms with Gasteiger partial charge in [0.05, 0.1) is 27.4 Å². The number of rotatable bonds is 9. The van der Waals surface area contributed by atoms with Gasteiger partial charge in [-0.15, -0.1) is 0 Å². The summed E-state index contributed by atoms with van der Waals surface area (Å²) in [6.07, 6.45) is 5.78. The molecule has 1 saturated carbocycles. The number of ether oxygens (including phenoxy) is 4. The smallest absolute Gasteiger partial charge is 0.224 e. The molecule has 156 valence electrons. The summed E-state index contributed by atoms with van der Waals surface area (Å²) in [7, 11) is 4.73. The van der Waals surface area contributed by atoms with Crippen molar-refractivity contribution >= 4 is 11.6 Å². The summed E-state index contributed by atoms with van der Waals surface area (Å²) in [5.74, 6) is 2.45. The first-order valence-electron chi connectivity index (χ1n) is 9.99. The summed E-state index contributed by atoms with van der Waals surface area (Å²) in [6, 6.07) is 11.3. The molecule has 2 aromatic carbocycles. The Hall–Kier alpha value is -2.89. The largest absolute Gasteiger partial charge is 0.493 e. The molecule has 1 N–H and O–H groups in total. The summed E-state index contributed by atoms with van der Waals surface area (Å²) in [6.45, 7) is 0. The van der Waals surface area contributed by atoms with Crippen LogP contribution in [-0.2, 0) is 11.2 Å². The van der Waals surface area contributed by atoms with Crippen molar-refractivity contribution in [3.8, 4) is 23.0 Å². The van der Waals surface area contributed by atoms with Crippen molar-refractivity contribution in [1.82, 2.24) is 0 Å². The molecule has 6 nitrogen and oxygen atoms in total. The zero-order valence-corrected chi connectivity index (χ0v) is 17.3. The van der Waals surface area contributed by atoms with Crippen molar-refractivity contribution in [3.63, 3.8) is 0 Å². The van der Waals surface area contributed by atoms with Crippen LogP contribution in [0.25, 0.3) is 0 Å². The Bertz CT molecular complexity index is 830. The molecule has 0 spiro atoms. The molecule has 2 aromatic rings. The van der Waals surface area contributed by atoms with Crippen molar-refractivity contribution in [2.24, 2.45) is 0 Å². The summed E-state index contributed by atoms with van der Waals surface area (Å²) in [4.78, 5) is 12.5. The molecule has 1 amide bonds. The zero-order valence-electron chi connectivity index (χ0n) is 17.3. The number of anilines is 1. The summed E-state index contributed by atoms with van der Waals surface area (Å²) in [5, 5.41) is 2.95. The van der Waals surface area contributed by atoms with Gasteiger partial charge in [0.15, 0.2) is 11.5 Å². The molecule has 0 saturated heterocycles. The highest BCUT2D eigenvalue weighted by Crippen LogP contribution is 2.40. The van der Waals surface area contributed by atoms with Gasteiger partial charge in [-0.05, 0) is 55.9 Å². The van der Waals surface area contributed by atoms with E-state index in [9.17, 15) is 4.79 Å². The average molecular weight is 399 g/mol. The minimum Gasteiger partial charge on any atom is -0.493 e. The van der Waals surface area contributed by atoms with Crippen LogP contribution in [0.1, 0.15) is 37.7 Å². The highest BCUT2D eigenvalue weighted by Gasteiger charge is 2.18. The fourth-order valence-corrected chi connectivity index (χ4v) is 3.68. The summed E-state index contributed by atoms with van der Waals surface area (Å²) < 4.78 is 22.2. The molecule has 1 aliphatic carbocycles. The van der Waals surface area contributed by atoms with E-state index >= 15 is 0 Å². The Kier molecular flexibility index (Phi) is 7.22. The molecule has 1 aliphatic rings. The monoisotopic (exact) mass is 399 g/mol. The molecule has 0 unspecified atom stereocenters. The van der Waals surface area contributed by atoms with E-state index in [4.69, 9.17) is 18.9 Å². The first kappa shape index (κ1) is 20.8. The Morgan fingerprint density at radius 3 is 2.45 bits per heavy atom. The third-order valence-corrected chi connectivity index (χ3v) is 5.13. The summed E-state index contributed by atoms with van der Waals surface area (Å²) in [5.41, 5.74) is 1.63. The van der Waals surface area contributed by atoms with E-state index in [0.29, 0.717) is 36.2 Å². The minimum atomic E-state index is -0.0696. The van der Waals surface area contributed by atoms with E-state index in [-0.39, 0.29) is 5.91 Å². The van der Waals surface area contributed by atoms with Crippen molar-refractivity contribution in [2.75, 3.05) is 26.6 Å². The lowest BCUT2D eigenvalue weighted by atomic mass is 10.1. The van der Waals surface area contributed by atoms with Gasteiger partial charge in [-0.2, -0.15) is 0 Å². The molecule has 0 radical (unpaired) electrons. The molecule has 0 aliphatic heterocycles. The van der Waals surface area contributed by atoms with E-state index in [1.165, 1.54) is 12.8 Å². The fourth-order valence-electron chi connectivity index (χ4n) is 3.68. The molecular weight excluding hydrogens is 370 g/mol. The third kappa shape index (κ3) is 5.34. The van der Waals surface area contributed by atoms with Crippen LogP contribution in [0, 0.1) is 0 Å². The van der Waals surface area contributed by atoms with Crippen molar-refractivity contribution in [2.45, 2.75) is 44.6 Å². The maximum atomic E-state index is 12.5. The van der Waals surface area contributed by atoms with Gasteiger partial charge < -0.3 is 24.3 Å². The van der Waals surface area contributed by atoms with Crippen LogP contribution in [0.15, 0.2) is 36.4 Å². The number of amides is 1. The molecule has 0 atom stereocenters. The molecular formula is C23H29NO5. The first-order chi connectivity index (χ1) is 14.1. The van der Waals surface area contributed by atoms with Gasteiger partial charge in [0.2, 0.25) is 11.7 Å². The van der Waals surface area contributed by atoms with Gasteiger partial charge in [0.1, 0.15) is 5.75 Å². The number of hydrogen-bond donors (Lipinski definition) is 1. The Morgan fingerprint density at radius 1 is 1.00 bits per heavy atom. The molecule has 0 aromatic heterocycles. The first-order valence-corrected chi connectivity index (χ1v) is 9.99. The second kappa shape index (κ2) is 10.0. The number of carbonyl (C=O) groups is 1. The Balaban J connectivity index is 1.60. The lowest BCUT2D eigenvalue weighted by Gasteiger charge is -2.16. The Labute approximate surface area is 172 Å². The van der Waals surface area contributed by atoms with E-state index < -0.39 is 0 Å². The molecule has 29 heavy (non-hydrogen) atoms. The average Bonchev–Trinajstić information content (AvgIpc) is 3.24. The van der Waals surface area contributed by atoms with Crippen LogP contribution in [0.2, 0.25) is 0 Å². The van der Waals surface area contributed by atoms with Crippen molar-refractivity contribution in [1.29, 1.82) is 0 Å². The number of nitrogens with one attached hydrogen (secondary N) is 1. The predicted octanol–water partition coefficient (Wildman–Crippen LogP) is 4.61. The number of carbonyl (C=O) groups excluding carboxylic acids is 1. The lowest BCUT2D eigenvalue weighted by molar-refractivity contribution is -0.116. The van der Waals surface area contributed by atoms with Crippen LogP contribution in [0.3, 0.4) is 0 Å². The minimum absolute atomic E-state index is 0.0696. The van der Waals surface area contributed by atoms with E-state index in [1.807, 2.05) is 36.4 Å². The number of methoxy groups -OCH3 is 3. The molecule has 6 heteroatoms. The van der Waals surface area contributed by atoms with Crippen LogP contribution in [-0.4, -0.2) is 33.3 Å². The number of aryl methyl sites for hydroxylation is 1. The van der Waals surface area contributed by atoms with E-state index in [1.54, 1.807) is 21.3 Å². The SMILES string of the molecule is COc1ccc(CCC(=O)Nc2cccc(OC3CCCC3)c2)c(OC)c1OC. The maximum absolute atomic E-state index is 12.5. The second-order valence-electron chi connectivity index (χ2n) is 7.09. The van der Waals surface area contributed by atoms with Gasteiger partial charge in [0.25, 0.3) is 0 Å². The molecule has 1 fully saturated rings. The van der Waals surface area contributed by atoms with Gasteiger partial charge in [-0.3, -0.25) is 4.79 Å². The quantitative estimate of drug-likeness (QED) is 0.667. The van der Waals surface area contributed by atoms with E-state index in [2.05, 4.69) is 5.32 Å². The van der Waals surface area contributed by atoms with Crippen LogP contribution < -0.4 is 24.3 Å². The molecule has 3 rings (SSSR count). The highest BCUT2D eigenvalue weighted by molar-refractivity contribution is 5.91.